The molecule has 0 saturated carbocycles. The second-order valence-electron chi connectivity index (χ2n) is 1.24. The third-order valence-electron chi connectivity index (χ3n) is 0.792. The standard InChI is InChI=1S/C2N4OS/c7-2-6-1(8-2)3-4-5-6. The molecule has 1 aliphatic rings. The molecule has 0 N–H and O–H groups in total. The van der Waals surface area contributed by atoms with E-state index in [4.69, 9.17) is 0 Å². The largest absolute Gasteiger partial charge is 0.317 e. The van der Waals surface area contributed by atoms with E-state index in [9.17, 15) is 4.79 Å². The van der Waals surface area contributed by atoms with Crippen LogP contribution in [0, 0.1) is 0 Å². The summed E-state index contributed by atoms with van der Waals surface area (Å²) in [5, 5.41) is 10.6. The van der Waals surface area contributed by atoms with E-state index in [1.807, 2.05) is 0 Å². The van der Waals surface area contributed by atoms with E-state index in [1.165, 1.54) is 0 Å². The summed E-state index contributed by atoms with van der Waals surface area (Å²) in [4.78, 5) is 10.4. The molecule has 0 atom stereocenters. The quantitative estimate of drug-likeness (QED) is 0.451. The number of thioether (sulfide) groups is 1. The van der Waals surface area contributed by atoms with Gasteiger partial charge >= 0.3 is 5.24 Å². The average Bonchev–Trinajstić information content (AvgIpc) is 2.09. The maximum atomic E-state index is 10.4. The van der Waals surface area contributed by atoms with Crippen LogP contribution in [0.2, 0.25) is 0 Å². The zero-order valence-electron chi connectivity index (χ0n) is 3.61. The van der Waals surface area contributed by atoms with Crippen LogP contribution in [-0.2, 0) is 0 Å². The van der Waals surface area contributed by atoms with Crippen molar-refractivity contribution in [2.24, 2.45) is 0 Å². The van der Waals surface area contributed by atoms with Crippen molar-refractivity contribution in [2.45, 2.75) is 5.16 Å². The first-order valence-corrected chi connectivity index (χ1v) is 2.70. The first-order chi connectivity index (χ1) is 3.88. The van der Waals surface area contributed by atoms with Crippen molar-refractivity contribution in [1.29, 1.82) is 0 Å². The summed E-state index contributed by atoms with van der Waals surface area (Å²) in [6.07, 6.45) is 0. The molecule has 2 rings (SSSR count). The van der Waals surface area contributed by atoms with Gasteiger partial charge in [-0.15, -0.1) is 9.78 Å². The van der Waals surface area contributed by atoms with Crippen molar-refractivity contribution in [3.63, 3.8) is 0 Å². The number of hydrogen-bond acceptors (Lipinski definition) is 5. The molecule has 1 aromatic heterocycles. The Hall–Kier alpha value is -0.910. The van der Waals surface area contributed by atoms with E-state index < -0.39 is 0 Å². The van der Waals surface area contributed by atoms with Gasteiger partial charge in [-0.2, -0.15) is 0 Å². The molecule has 0 amide bonds. The lowest BCUT2D eigenvalue weighted by molar-refractivity contribution is 0.254. The van der Waals surface area contributed by atoms with Crippen LogP contribution in [-0.4, -0.2) is 25.4 Å². The molecule has 2 heterocycles. The minimum Gasteiger partial charge on any atom is -0.259 e. The summed E-state index contributed by atoms with van der Waals surface area (Å²) in [6.45, 7) is 0. The topological polar surface area (TPSA) is 60.7 Å². The molecule has 0 aliphatic carbocycles. The normalized spacial score (nSPS) is 15.2. The SMILES string of the molecule is O=C1Sc2nnnn21. The van der Waals surface area contributed by atoms with Gasteiger partial charge in [0.25, 0.3) is 0 Å². The number of nitrogens with zero attached hydrogens (tertiary/aromatic N) is 4. The summed E-state index contributed by atoms with van der Waals surface area (Å²) < 4.78 is 1.16. The molecule has 1 aliphatic heterocycles. The molecule has 40 valence electrons. The van der Waals surface area contributed by atoms with Crippen LogP contribution < -0.4 is 0 Å². The van der Waals surface area contributed by atoms with Gasteiger partial charge < -0.3 is 0 Å². The third-order valence-corrected chi connectivity index (χ3v) is 1.58. The summed E-state index contributed by atoms with van der Waals surface area (Å²) in [5.74, 6) is 0. The zero-order chi connectivity index (χ0) is 5.56. The summed E-state index contributed by atoms with van der Waals surface area (Å²) in [7, 11) is 0. The van der Waals surface area contributed by atoms with E-state index in [1.54, 1.807) is 0 Å². The van der Waals surface area contributed by atoms with Crippen molar-refractivity contribution in [3.05, 3.63) is 0 Å². The first kappa shape index (κ1) is 4.02. The van der Waals surface area contributed by atoms with E-state index in [-0.39, 0.29) is 5.24 Å². The van der Waals surface area contributed by atoms with Gasteiger partial charge in [0.2, 0.25) is 5.16 Å². The molecule has 0 fully saturated rings. The smallest absolute Gasteiger partial charge is 0.259 e. The molecule has 8 heavy (non-hydrogen) atoms. The molecule has 5 nitrogen and oxygen atoms in total. The lowest BCUT2D eigenvalue weighted by Crippen LogP contribution is -2.18. The van der Waals surface area contributed by atoms with Gasteiger partial charge in [0.15, 0.2) is 0 Å². The number of hydrogen-bond donors (Lipinski definition) is 0. The third kappa shape index (κ3) is 0.292. The van der Waals surface area contributed by atoms with Crippen LogP contribution >= 0.6 is 11.8 Å². The van der Waals surface area contributed by atoms with Crippen molar-refractivity contribution in [3.8, 4) is 0 Å². The van der Waals surface area contributed by atoms with Crippen LogP contribution in [0.5, 0.6) is 0 Å². The van der Waals surface area contributed by atoms with Crippen LogP contribution in [0.3, 0.4) is 0 Å². The number of tetrazole rings is 1. The Kier molecular flexibility index (Phi) is 0.542. The highest BCUT2D eigenvalue weighted by molar-refractivity contribution is 8.15. The molecular weight excluding hydrogens is 128 g/mol. The Morgan fingerprint density at radius 2 is 2.50 bits per heavy atom. The Bertz CT molecular complexity index is 242. The van der Waals surface area contributed by atoms with Crippen molar-refractivity contribution in [1.82, 2.24) is 20.2 Å². The van der Waals surface area contributed by atoms with Crippen LogP contribution in [0.25, 0.3) is 0 Å². The molecule has 6 heteroatoms. The highest BCUT2D eigenvalue weighted by Crippen LogP contribution is 2.26. The first-order valence-electron chi connectivity index (χ1n) is 1.88. The lowest BCUT2D eigenvalue weighted by Gasteiger charge is -2.05. The predicted octanol–water partition coefficient (Wildman–Crippen LogP) is -0.253. The molecular formula is C2N4OS. The summed E-state index contributed by atoms with van der Waals surface area (Å²) in [6, 6.07) is 0. The van der Waals surface area contributed by atoms with Crippen LogP contribution in [0.15, 0.2) is 5.16 Å². The van der Waals surface area contributed by atoms with E-state index >= 15 is 0 Å². The number of aromatic nitrogens is 4. The number of carbonyl (C=O) groups is 1. The fourth-order valence-electron chi connectivity index (χ4n) is 0.439. The van der Waals surface area contributed by atoms with Crippen molar-refractivity contribution in [2.75, 3.05) is 0 Å². The Morgan fingerprint density at radius 3 is 3.00 bits per heavy atom. The monoisotopic (exact) mass is 128 g/mol. The molecule has 0 spiro atoms. The maximum Gasteiger partial charge on any atom is 0.317 e. The highest BCUT2D eigenvalue weighted by Gasteiger charge is 2.27. The number of rotatable bonds is 0. The fourth-order valence-corrected chi connectivity index (χ4v) is 0.956. The number of carbonyl (C=O) groups excluding carboxylic acids is 1. The minimum absolute atomic E-state index is 0.106. The second-order valence-corrected chi connectivity index (χ2v) is 2.16. The summed E-state index contributed by atoms with van der Waals surface area (Å²) >= 11 is 1.05. The van der Waals surface area contributed by atoms with Gasteiger partial charge in [0.05, 0.1) is 0 Å². The fraction of sp³-hybridized carbons (Fsp3) is 0. The second kappa shape index (κ2) is 1.08. The Morgan fingerprint density at radius 1 is 1.62 bits per heavy atom. The van der Waals surface area contributed by atoms with Crippen LogP contribution in [0.4, 0.5) is 4.79 Å². The molecule has 1 aromatic rings. The van der Waals surface area contributed by atoms with Gasteiger partial charge in [-0.05, 0) is 10.4 Å². The molecule has 0 bridgehead atoms. The van der Waals surface area contributed by atoms with Gasteiger partial charge in [-0.1, -0.05) is 0 Å². The van der Waals surface area contributed by atoms with E-state index in [0.717, 1.165) is 16.4 Å². The summed E-state index contributed by atoms with van der Waals surface area (Å²) in [5.41, 5.74) is 0. The zero-order valence-corrected chi connectivity index (χ0v) is 4.42. The predicted molar refractivity (Wildman–Crippen MR) is 24.5 cm³/mol. The average molecular weight is 128 g/mol. The highest BCUT2D eigenvalue weighted by atomic mass is 32.2. The maximum absolute atomic E-state index is 10.4. The number of fused-ring (bicyclic) bond motifs is 1. The Labute approximate surface area is 48.1 Å². The molecule has 0 saturated heterocycles. The van der Waals surface area contributed by atoms with Crippen molar-refractivity contribution < 1.29 is 4.79 Å². The Balaban J connectivity index is 2.68. The lowest BCUT2D eigenvalue weighted by atomic mass is 11.1. The van der Waals surface area contributed by atoms with Gasteiger partial charge in [0.1, 0.15) is 0 Å². The van der Waals surface area contributed by atoms with E-state index in [2.05, 4.69) is 15.5 Å². The molecule has 0 aromatic carbocycles. The molecule has 0 radical (unpaired) electrons. The van der Waals surface area contributed by atoms with Crippen molar-refractivity contribution >= 4 is 17.0 Å². The van der Waals surface area contributed by atoms with Crippen LogP contribution in [0.1, 0.15) is 0 Å². The molecule has 0 unspecified atom stereocenters. The minimum atomic E-state index is -0.106. The van der Waals surface area contributed by atoms with Gasteiger partial charge in [0, 0.05) is 11.8 Å². The van der Waals surface area contributed by atoms with Gasteiger partial charge in [-0.3, -0.25) is 4.79 Å². The van der Waals surface area contributed by atoms with E-state index in [0.29, 0.717) is 5.16 Å². The van der Waals surface area contributed by atoms with Gasteiger partial charge in [-0.25, -0.2) is 0 Å².